The molecule has 2 rings (SSSR count). The van der Waals surface area contributed by atoms with Crippen LogP contribution in [0.4, 0.5) is 11.4 Å². The molecule has 0 aliphatic heterocycles. The Kier molecular flexibility index (Phi) is 4.88. The maximum Gasteiger partial charge on any atom is 0.240 e. The Morgan fingerprint density at radius 2 is 2.00 bits per heavy atom. The predicted octanol–water partition coefficient (Wildman–Crippen LogP) is 2.17. The third-order valence-electron chi connectivity index (χ3n) is 3.95. The molecule has 1 saturated carbocycles. The van der Waals surface area contributed by atoms with Gasteiger partial charge < -0.3 is 11.1 Å². The molecule has 20 heavy (non-hydrogen) atoms. The second-order valence-electron chi connectivity index (χ2n) is 5.32. The summed E-state index contributed by atoms with van der Waals surface area (Å²) in [5.74, 6) is 0.799. The minimum Gasteiger partial charge on any atom is -0.397 e. The Morgan fingerprint density at radius 1 is 1.30 bits per heavy atom. The fourth-order valence-electron chi connectivity index (χ4n) is 2.68. The molecule has 0 bridgehead atoms. The Morgan fingerprint density at radius 3 is 2.65 bits per heavy atom. The van der Waals surface area contributed by atoms with Crippen molar-refractivity contribution in [2.24, 2.45) is 5.92 Å². The van der Waals surface area contributed by atoms with Crippen LogP contribution in [0.1, 0.15) is 32.1 Å². The van der Waals surface area contributed by atoms with Crippen molar-refractivity contribution in [3.05, 3.63) is 18.2 Å². The first-order valence-corrected chi connectivity index (χ1v) is 8.58. The zero-order valence-electron chi connectivity index (χ0n) is 11.9. The molecule has 1 aliphatic carbocycles. The molecule has 112 valence electrons. The van der Waals surface area contributed by atoms with Crippen LogP contribution in [0.2, 0.25) is 0 Å². The van der Waals surface area contributed by atoms with Gasteiger partial charge in [0.05, 0.1) is 16.3 Å². The summed E-state index contributed by atoms with van der Waals surface area (Å²) in [6, 6.07) is 4.74. The van der Waals surface area contributed by atoms with Gasteiger partial charge in [0, 0.05) is 6.54 Å². The lowest BCUT2D eigenvalue weighted by molar-refractivity contribution is 0.518. The van der Waals surface area contributed by atoms with Crippen LogP contribution in [-0.2, 0) is 10.0 Å². The fraction of sp³-hybridized carbons (Fsp3) is 0.571. The van der Waals surface area contributed by atoms with Crippen LogP contribution in [0, 0.1) is 5.92 Å². The molecule has 0 amide bonds. The first kappa shape index (κ1) is 15.1. The average Bonchev–Trinajstić information content (AvgIpc) is 2.94. The lowest BCUT2D eigenvalue weighted by Gasteiger charge is -2.13. The van der Waals surface area contributed by atoms with E-state index in [4.69, 9.17) is 5.73 Å². The van der Waals surface area contributed by atoms with E-state index in [1.54, 1.807) is 12.1 Å². The Balaban J connectivity index is 2.01. The van der Waals surface area contributed by atoms with Crippen molar-refractivity contribution in [2.75, 3.05) is 24.6 Å². The fourth-order valence-corrected chi connectivity index (χ4v) is 3.44. The SMILES string of the molecule is CNS(=O)(=O)c1ccc(N)c(NCCC2CCCC2)c1. The first-order chi connectivity index (χ1) is 9.53. The minimum atomic E-state index is -3.42. The lowest BCUT2D eigenvalue weighted by Crippen LogP contribution is -2.19. The highest BCUT2D eigenvalue weighted by molar-refractivity contribution is 7.89. The molecule has 0 aromatic heterocycles. The molecule has 0 radical (unpaired) electrons. The minimum absolute atomic E-state index is 0.234. The molecular weight excluding hydrogens is 274 g/mol. The normalized spacial score (nSPS) is 16.4. The summed E-state index contributed by atoms with van der Waals surface area (Å²) in [7, 11) is -2.02. The lowest BCUT2D eigenvalue weighted by atomic mass is 10.0. The Bertz CT molecular complexity index is 552. The van der Waals surface area contributed by atoms with E-state index in [-0.39, 0.29) is 4.90 Å². The standard InChI is InChI=1S/C14H23N3O2S/c1-16-20(18,19)12-6-7-13(15)14(10-12)17-9-8-11-4-2-3-5-11/h6-7,10-11,16-17H,2-5,8-9,15H2,1H3. The number of rotatable bonds is 6. The van der Waals surface area contributed by atoms with E-state index in [1.165, 1.54) is 38.8 Å². The number of hydrogen-bond acceptors (Lipinski definition) is 4. The van der Waals surface area contributed by atoms with Crippen LogP contribution in [0.3, 0.4) is 0 Å². The van der Waals surface area contributed by atoms with E-state index in [2.05, 4.69) is 10.0 Å². The van der Waals surface area contributed by atoms with Gasteiger partial charge in [-0.15, -0.1) is 0 Å². The van der Waals surface area contributed by atoms with Gasteiger partial charge in [-0.05, 0) is 37.6 Å². The highest BCUT2D eigenvalue weighted by Crippen LogP contribution is 2.28. The van der Waals surface area contributed by atoms with Crippen molar-refractivity contribution in [1.82, 2.24) is 4.72 Å². The number of sulfonamides is 1. The highest BCUT2D eigenvalue weighted by atomic mass is 32.2. The van der Waals surface area contributed by atoms with Crippen molar-refractivity contribution in [3.63, 3.8) is 0 Å². The van der Waals surface area contributed by atoms with Crippen molar-refractivity contribution in [3.8, 4) is 0 Å². The summed E-state index contributed by atoms with van der Waals surface area (Å²) in [6.07, 6.45) is 6.41. The highest BCUT2D eigenvalue weighted by Gasteiger charge is 2.15. The van der Waals surface area contributed by atoms with E-state index in [1.807, 2.05) is 0 Å². The van der Waals surface area contributed by atoms with E-state index < -0.39 is 10.0 Å². The van der Waals surface area contributed by atoms with E-state index in [0.29, 0.717) is 11.4 Å². The van der Waals surface area contributed by atoms with Crippen molar-refractivity contribution >= 4 is 21.4 Å². The van der Waals surface area contributed by atoms with Crippen molar-refractivity contribution in [1.29, 1.82) is 0 Å². The summed E-state index contributed by atoms with van der Waals surface area (Å²) in [6.45, 7) is 0.831. The Hall–Kier alpha value is -1.27. The zero-order valence-corrected chi connectivity index (χ0v) is 12.7. The maximum absolute atomic E-state index is 11.8. The molecule has 0 atom stereocenters. The summed E-state index contributed by atoms with van der Waals surface area (Å²) in [5, 5.41) is 3.26. The predicted molar refractivity (Wildman–Crippen MR) is 82.2 cm³/mol. The molecule has 1 aromatic carbocycles. The number of nitrogen functional groups attached to an aromatic ring is 1. The third-order valence-corrected chi connectivity index (χ3v) is 5.36. The summed E-state index contributed by atoms with van der Waals surface area (Å²) >= 11 is 0. The molecule has 1 fully saturated rings. The molecular formula is C14H23N3O2S. The van der Waals surface area contributed by atoms with Gasteiger partial charge in [-0.25, -0.2) is 13.1 Å². The number of benzene rings is 1. The van der Waals surface area contributed by atoms with Crippen molar-refractivity contribution < 1.29 is 8.42 Å². The summed E-state index contributed by atoms with van der Waals surface area (Å²) in [5.41, 5.74) is 7.16. The number of hydrogen-bond donors (Lipinski definition) is 3. The van der Waals surface area contributed by atoms with Gasteiger partial charge in [0.15, 0.2) is 0 Å². The second kappa shape index (κ2) is 6.45. The first-order valence-electron chi connectivity index (χ1n) is 7.10. The number of anilines is 2. The van der Waals surface area contributed by atoms with Crippen LogP contribution in [0.25, 0.3) is 0 Å². The van der Waals surface area contributed by atoms with Crippen LogP contribution in [0.15, 0.2) is 23.1 Å². The van der Waals surface area contributed by atoms with Crippen LogP contribution >= 0.6 is 0 Å². The molecule has 0 heterocycles. The van der Waals surface area contributed by atoms with Crippen LogP contribution in [-0.4, -0.2) is 22.0 Å². The molecule has 1 aliphatic rings. The van der Waals surface area contributed by atoms with Crippen LogP contribution in [0.5, 0.6) is 0 Å². The van der Waals surface area contributed by atoms with Gasteiger partial charge in [-0.1, -0.05) is 25.7 Å². The van der Waals surface area contributed by atoms with Crippen LogP contribution < -0.4 is 15.8 Å². The van der Waals surface area contributed by atoms with Gasteiger partial charge in [-0.3, -0.25) is 0 Å². The van der Waals surface area contributed by atoms with Crippen molar-refractivity contribution in [2.45, 2.75) is 37.0 Å². The summed E-state index contributed by atoms with van der Waals surface area (Å²) < 4.78 is 25.8. The third kappa shape index (κ3) is 3.64. The maximum atomic E-state index is 11.8. The molecule has 5 nitrogen and oxygen atoms in total. The van der Waals surface area contributed by atoms with E-state index in [9.17, 15) is 8.42 Å². The topological polar surface area (TPSA) is 84.2 Å². The van der Waals surface area contributed by atoms with Gasteiger partial charge in [0.2, 0.25) is 10.0 Å². The average molecular weight is 297 g/mol. The number of nitrogens with one attached hydrogen (secondary N) is 2. The van der Waals surface area contributed by atoms with Gasteiger partial charge in [0.25, 0.3) is 0 Å². The molecule has 6 heteroatoms. The van der Waals surface area contributed by atoms with Gasteiger partial charge in [0.1, 0.15) is 0 Å². The van der Waals surface area contributed by atoms with Gasteiger partial charge in [-0.2, -0.15) is 0 Å². The molecule has 0 saturated heterocycles. The molecule has 4 N–H and O–H groups in total. The summed E-state index contributed by atoms with van der Waals surface area (Å²) in [4.78, 5) is 0.234. The molecule has 0 unspecified atom stereocenters. The largest absolute Gasteiger partial charge is 0.397 e. The smallest absolute Gasteiger partial charge is 0.240 e. The Labute approximate surface area is 121 Å². The molecule has 1 aromatic rings. The van der Waals surface area contributed by atoms with Gasteiger partial charge >= 0.3 is 0 Å². The van der Waals surface area contributed by atoms with E-state index >= 15 is 0 Å². The quantitative estimate of drug-likeness (QED) is 0.703. The monoisotopic (exact) mass is 297 g/mol. The molecule has 0 spiro atoms. The zero-order chi connectivity index (χ0) is 14.6. The second-order valence-corrected chi connectivity index (χ2v) is 7.21. The number of nitrogens with two attached hydrogens (primary N) is 1. The van der Waals surface area contributed by atoms with E-state index in [0.717, 1.165) is 18.9 Å².